The summed E-state index contributed by atoms with van der Waals surface area (Å²) in [6.07, 6.45) is 1.80. The molecule has 1 aromatic carbocycles. The predicted octanol–water partition coefficient (Wildman–Crippen LogP) is 2.39. The summed E-state index contributed by atoms with van der Waals surface area (Å²) >= 11 is 0. The summed E-state index contributed by atoms with van der Waals surface area (Å²) in [5.74, 6) is -0.159. The lowest BCUT2D eigenvalue weighted by Gasteiger charge is -2.06. The fourth-order valence-electron chi connectivity index (χ4n) is 2.46. The van der Waals surface area contributed by atoms with Crippen LogP contribution in [0, 0.1) is 0 Å². The molecule has 106 valence electrons. The first-order chi connectivity index (χ1) is 10.1. The van der Waals surface area contributed by atoms with Crippen molar-refractivity contribution in [2.75, 3.05) is 10.6 Å². The third-order valence-electron chi connectivity index (χ3n) is 3.41. The van der Waals surface area contributed by atoms with Gasteiger partial charge in [0.05, 0.1) is 5.57 Å². The zero-order valence-electron chi connectivity index (χ0n) is 11.4. The summed E-state index contributed by atoms with van der Waals surface area (Å²) in [4.78, 5) is 26.2. The highest BCUT2D eigenvalue weighted by Gasteiger charge is 2.27. The van der Waals surface area contributed by atoms with Gasteiger partial charge in [-0.3, -0.25) is 4.79 Å². The van der Waals surface area contributed by atoms with Gasteiger partial charge in [-0.05, 0) is 42.8 Å². The van der Waals surface area contributed by atoms with Gasteiger partial charge in [0.1, 0.15) is 0 Å². The molecule has 0 radical (unpaired) electrons. The number of aromatic nitrogens is 1. The number of carbonyl (C=O) groups is 2. The second kappa shape index (κ2) is 4.82. The molecule has 0 bridgehead atoms. The fraction of sp³-hybridized carbons (Fsp3) is 0.0667. The summed E-state index contributed by atoms with van der Waals surface area (Å²) in [7, 11) is 0. The molecule has 0 fully saturated rings. The molecule has 3 amide bonds. The lowest BCUT2D eigenvalue weighted by molar-refractivity contribution is -0.110. The van der Waals surface area contributed by atoms with Gasteiger partial charge < -0.3 is 21.4 Å². The van der Waals surface area contributed by atoms with E-state index < -0.39 is 6.03 Å². The van der Waals surface area contributed by atoms with Crippen LogP contribution >= 0.6 is 0 Å². The molecule has 5 N–H and O–H groups in total. The SMILES string of the molecule is CC(=C1C(=O)Nc2ccc(NC(N)=O)cc21)c1ccc[nH]1. The highest BCUT2D eigenvalue weighted by Crippen LogP contribution is 2.37. The van der Waals surface area contributed by atoms with Crippen LogP contribution in [0.5, 0.6) is 0 Å². The van der Waals surface area contributed by atoms with Crippen LogP contribution in [0.25, 0.3) is 11.1 Å². The number of hydrogen-bond acceptors (Lipinski definition) is 2. The second-order valence-corrected chi connectivity index (χ2v) is 4.79. The first kappa shape index (κ1) is 13.0. The number of hydrogen-bond donors (Lipinski definition) is 4. The Morgan fingerprint density at radius 1 is 1.29 bits per heavy atom. The average molecular weight is 282 g/mol. The van der Waals surface area contributed by atoms with E-state index in [2.05, 4.69) is 15.6 Å². The zero-order chi connectivity index (χ0) is 15.0. The average Bonchev–Trinajstić information content (AvgIpc) is 3.04. The van der Waals surface area contributed by atoms with Crippen LogP contribution in [-0.4, -0.2) is 16.9 Å². The molecule has 0 unspecified atom stereocenters. The molecule has 3 rings (SSSR count). The van der Waals surface area contributed by atoms with E-state index >= 15 is 0 Å². The lowest BCUT2D eigenvalue weighted by Crippen LogP contribution is -2.19. The molecule has 0 aliphatic carbocycles. The Kier molecular flexibility index (Phi) is 2.98. The maximum atomic E-state index is 12.2. The number of nitrogens with two attached hydrogens (primary N) is 1. The molecule has 1 aliphatic heterocycles. The van der Waals surface area contributed by atoms with E-state index in [0.717, 1.165) is 22.5 Å². The van der Waals surface area contributed by atoms with Crippen LogP contribution in [0.3, 0.4) is 0 Å². The highest BCUT2D eigenvalue weighted by molar-refractivity contribution is 6.36. The molecule has 1 aromatic heterocycles. The van der Waals surface area contributed by atoms with Gasteiger partial charge in [-0.25, -0.2) is 4.79 Å². The van der Waals surface area contributed by atoms with E-state index in [-0.39, 0.29) is 5.91 Å². The van der Waals surface area contributed by atoms with Crippen LogP contribution in [0.4, 0.5) is 16.2 Å². The first-order valence-corrected chi connectivity index (χ1v) is 6.43. The Labute approximate surface area is 121 Å². The van der Waals surface area contributed by atoms with Crippen LogP contribution in [0.1, 0.15) is 18.2 Å². The summed E-state index contributed by atoms with van der Waals surface area (Å²) in [6.45, 7) is 1.88. The summed E-state index contributed by atoms with van der Waals surface area (Å²) in [5.41, 5.74) is 9.44. The normalized spacial score (nSPS) is 15.4. The summed E-state index contributed by atoms with van der Waals surface area (Å²) < 4.78 is 0. The topological polar surface area (TPSA) is 100 Å². The minimum Gasteiger partial charge on any atom is -0.361 e. The van der Waals surface area contributed by atoms with E-state index in [9.17, 15) is 9.59 Å². The van der Waals surface area contributed by atoms with E-state index in [0.29, 0.717) is 11.3 Å². The largest absolute Gasteiger partial charge is 0.361 e. The van der Waals surface area contributed by atoms with Crippen molar-refractivity contribution in [2.24, 2.45) is 5.73 Å². The number of anilines is 2. The molecule has 0 saturated carbocycles. The molecule has 21 heavy (non-hydrogen) atoms. The Morgan fingerprint density at radius 3 is 2.76 bits per heavy atom. The number of nitrogens with one attached hydrogen (secondary N) is 3. The van der Waals surface area contributed by atoms with Gasteiger partial charge in [0, 0.05) is 28.8 Å². The molecule has 2 aromatic rings. The van der Waals surface area contributed by atoms with Gasteiger partial charge in [-0.15, -0.1) is 0 Å². The third kappa shape index (κ3) is 2.27. The van der Waals surface area contributed by atoms with Gasteiger partial charge >= 0.3 is 6.03 Å². The number of aromatic amines is 1. The molecule has 0 spiro atoms. The number of fused-ring (bicyclic) bond motifs is 1. The van der Waals surface area contributed by atoms with Gasteiger partial charge in [0.25, 0.3) is 5.91 Å². The smallest absolute Gasteiger partial charge is 0.316 e. The number of primary amides is 1. The molecule has 6 nitrogen and oxygen atoms in total. The lowest BCUT2D eigenvalue weighted by atomic mass is 9.99. The Hall–Kier alpha value is -3.02. The number of carbonyl (C=O) groups excluding carboxylic acids is 2. The van der Waals surface area contributed by atoms with Gasteiger partial charge in [-0.2, -0.15) is 0 Å². The molecule has 0 atom stereocenters. The van der Waals surface area contributed by atoms with Gasteiger partial charge in [0.2, 0.25) is 0 Å². The number of urea groups is 1. The maximum Gasteiger partial charge on any atom is 0.316 e. The van der Waals surface area contributed by atoms with Crippen LogP contribution in [0.15, 0.2) is 36.5 Å². The number of benzene rings is 1. The van der Waals surface area contributed by atoms with Crippen molar-refractivity contribution in [1.82, 2.24) is 4.98 Å². The third-order valence-corrected chi connectivity index (χ3v) is 3.41. The van der Waals surface area contributed by atoms with E-state index in [1.54, 1.807) is 24.4 Å². The quantitative estimate of drug-likeness (QED) is 0.636. The molecule has 2 heterocycles. The van der Waals surface area contributed by atoms with Crippen molar-refractivity contribution in [3.63, 3.8) is 0 Å². The Morgan fingerprint density at radius 2 is 2.10 bits per heavy atom. The van der Waals surface area contributed by atoms with E-state index in [4.69, 9.17) is 5.73 Å². The highest BCUT2D eigenvalue weighted by atomic mass is 16.2. The van der Waals surface area contributed by atoms with Crippen molar-refractivity contribution in [3.8, 4) is 0 Å². The Balaban J connectivity index is 2.12. The maximum absolute atomic E-state index is 12.2. The second-order valence-electron chi connectivity index (χ2n) is 4.79. The summed E-state index contributed by atoms with van der Waals surface area (Å²) in [5, 5.41) is 5.33. The fourth-order valence-corrected chi connectivity index (χ4v) is 2.46. The van der Waals surface area contributed by atoms with Crippen molar-refractivity contribution in [3.05, 3.63) is 47.8 Å². The zero-order valence-corrected chi connectivity index (χ0v) is 11.4. The molecular weight excluding hydrogens is 268 g/mol. The Bertz CT molecular complexity index is 760. The molecular formula is C15H14N4O2. The molecule has 1 aliphatic rings. The standard InChI is InChI=1S/C15H14N4O2/c1-8(11-3-2-6-17-11)13-10-7-9(18-15(16)21)4-5-12(10)19-14(13)20/h2-7,17H,1H3,(H,19,20)(H3,16,18,21). The van der Waals surface area contributed by atoms with Crippen molar-refractivity contribution >= 4 is 34.5 Å². The number of H-pyrrole nitrogens is 1. The minimum atomic E-state index is -0.640. The predicted molar refractivity (Wildman–Crippen MR) is 81.6 cm³/mol. The molecule has 6 heteroatoms. The van der Waals surface area contributed by atoms with E-state index in [1.807, 2.05) is 19.1 Å². The monoisotopic (exact) mass is 282 g/mol. The molecule has 0 saturated heterocycles. The number of allylic oxidation sites excluding steroid dienone is 1. The minimum absolute atomic E-state index is 0.159. The summed E-state index contributed by atoms with van der Waals surface area (Å²) in [6, 6.07) is 8.31. The van der Waals surface area contributed by atoms with Gasteiger partial charge in [-0.1, -0.05) is 0 Å². The number of rotatable bonds is 2. The van der Waals surface area contributed by atoms with Crippen molar-refractivity contribution in [2.45, 2.75) is 6.92 Å². The van der Waals surface area contributed by atoms with Crippen LogP contribution in [-0.2, 0) is 4.79 Å². The van der Waals surface area contributed by atoms with E-state index in [1.165, 1.54) is 0 Å². The van der Waals surface area contributed by atoms with Crippen LogP contribution in [0.2, 0.25) is 0 Å². The van der Waals surface area contributed by atoms with Crippen molar-refractivity contribution in [1.29, 1.82) is 0 Å². The first-order valence-electron chi connectivity index (χ1n) is 6.43. The van der Waals surface area contributed by atoms with Gasteiger partial charge in [0.15, 0.2) is 0 Å². The number of amides is 3. The van der Waals surface area contributed by atoms with Crippen LogP contribution < -0.4 is 16.4 Å². The van der Waals surface area contributed by atoms with Crippen molar-refractivity contribution < 1.29 is 9.59 Å².